The summed E-state index contributed by atoms with van der Waals surface area (Å²) >= 11 is 0. The fourth-order valence-electron chi connectivity index (χ4n) is 3.17. The van der Waals surface area contributed by atoms with Gasteiger partial charge in [-0.25, -0.2) is 0 Å². The molecule has 0 spiro atoms. The lowest BCUT2D eigenvalue weighted by Crippen LogP contribution is -2.42. The van der Waals surface area contributed by atoms with Gasteiger partial charge >= 0.3 is 0 Å². The van der Waals surface area contributed by atoms with E-state index in [0.29, 0.717) is 6.04 Å². The number of fused-ring (bicyclic) bond motifs is 1. The lowest BCUT2D eigenvalue weighted by Gasteiger charge is -2.31. The number of nitrogens with one attached hydrogen (secondary N) is 2. The van der Waals surface area contributed by atoms with E-state index in [-0.39, 0.29) is 0 Å². The van der Waals surface area contributed by atoms with E-state index in [4.69, 9.17) is 0 Å². The van der Waals surface area contributed by atoms with Gasteiger partial charge in [0.15, 0.2) is 0 Å². The van der Waals surface area contributed by atoms with Crippen molar-refractivity contribution in [3.63, 3.8) is 0 Å². The first-order valence-electron chi connectivity index (χ1n) is 8.08. The highest BCUT2D eigenvalue weighted by Gasteiger charge is 2.19. The van der Waals surface area contributed by atoms with E-state index in [1.54, 1.807) is 0 Å². The highest BCUT2D eigenvalue weighted by atomic mass is 15.1. The molecule has 1 aromatic carbocycles. The summed E-state index contributed by atoms with van der Waals surface area (Å²) in [5.74, 6) is 0.762. The molecule has 3 heteroatoms. The molecule has 0 aliphatic rings. The van der Waals surface area contributed by atoms with E-state index in [2.05, 4.69) is 67.4 Å². The van der Waals surface area contributed by atoms with Crippen LogP contribution in [0.3, 0.4) is 0 Å². The molecule has 1 unspecified atom stereocenters. The van der Waals surface area contributed by atoms with Crippen LogP contribution in [0.15, 0.2) is 30.5 Å². The first-order valence-corrected chi connectivity index (χ1v) is 8.08. The molecule has 0 saturated carbocycles. The third-order valence-electron chi connectivity index (χ3n) is 4.56. The van der Waals surface area contributed by atoms with Crippen LogP contribution in [0.25, 0.3) is 10.9 Å². The minimum atomic E-state index is 0.606. The van der Waals surface area contributed by atoms with Gasteiger partial charge in [-0.1, -0.05) is 38.8 Å². The number of aromatic nitrogens is 1. The molecule has 2 aromatic rings. The van der Waals surface area contributed by atoms with Crippen molar-refractivity contribution < 1.29 is 0 Å². The summed E-state index contributed by atoms with van der Waals surface area (Å²) in [4.78, 5) is 5.64. The molecule has 0 saturated heterocycles. The van der Waals surface area contributed by atoms with E-state index >= 15 is 0 Å². The summed E-state index contributed by atoms with van der Waals surface area (Å²) < 4.78 is 0. The Labute approximate surface area is 128 Å². The summed E-state index contributed by atoms with van der Waals surface area (Å²) in [7, 11) is 4.38. The van der Waals surface area contributed by atoms with Gasteiger partial charge in [0.1, 0.15) is 0 Å². The lowest BCUT2D eigenvalue weighted by molar-refractivity contribution is 0.194. The van der Waals surface area contributed by atoms with Crippen LogP contribution >= 0.6 is 0 Å². The zero-order chi connectivity index (χ0) is 15.2. The van der Waals surface area contributed by atoms with Gasteiger partial charge < -0.3 is 15.2 Å². The van der Waals surface area contributed by atoms with E-state index in [9.17, 15) is 0 Å². The molecule has 3 nitrogen and oxygen atoms in total. The van der Waals surface area contributed by atoms with Gasteiger partial charge in [0, 0.05) is 30.8 Å². The zero-order valence-electron chi connectivity index (χ0n) is 13.8. The Hall–Kier alpha value is -1.32. The third kappa shape index (κ3) is 4.08. The second kappa shape index (κ2) is 7.62. The molecule has 1 aromatic heterocycles. The number of likely N-dealkylation sites (N-methyl/N-ethyl adjacent to an activating group) is 1. The van der Waals surface area contributed by atoms with E-state index < -0.39 is 0 Å². The topological polar surface area (TPSA) is 31.1 Å². The van der Waals surface area contributed by atoms with Crippen molar-refractivity contribution >= 4 is 10.9 Å². The van der Waals surface area contributed by atoms with Crippen LogP contribution < -0.4 is 5.32 Å². The van der Waals surface area contributed by atoms with Crippen LogP contribution in [0.4, 0.5) is 0 Å². The number of hydrogen-bond acceptors (Lipinski definition) is 2. The first kappa shape index (κ1) is 16.1. The summed E-state index contributed by atoms with van der Waals surface area (Å²) in [6.07, 6.45) is 4.49. The molecule has 0 aliphatic carbocycles. The zero-order valence-corrected chi connectivity index (χ0v) is 13.8. The van der Waals surface area contributed by atoms with Gasteiger partial charge in [-0.3, -0.25) is 0 Å². The van der Waals surface area contributed by atoms with E-state index in [0.717, 1.165) is 19.0 Å². The fourth-order valence-corrected chi connectivity index (χ4v) is 3.17. The average Bonchev–Trinajstić information content (AvgIpc) is 2.94. The summed E-state index contributed by atoms with van der Waals surface area (Å²) in [5, 5.41) is 4.91. The highest BCUT2D eigenvalue weighted by molar-refractivity contribution is 5.79. The Morgan fingerprint density at radius 2 is 1.90 bits per heavy atom. The maximum absolute atomic E-state index is 3.63. The molecule has 2 N–H and O–H groups in total. The first-order chi connectivity index (χ1) is 10.2. The Bertz CT molecular complexity index is 540. The van der Waals surface area contributed by atoms with Crippen molar-refractivity contribution in [2.45, 2.75) is 39.3 Å². The van der Waals surface area contributed by atoms with Crippen LogP contribution in [0.5, 0.6) is 0 Å². The molecule has 0 aliphatic heterocycles. The molecular formula is C18H29N3. The number of rotatable bonds is 8. The van der Waals surface area contributed by atoms with Crippen molar-refractivity contribution in [2.75, 3.05) is 20.6 Å². The molecule has 0 fully saturated rings. The molecule has 0 radical (unpaired) electrons. The van der Waals surface area contributed by atoms with E-state index in [1.165, 1.54) is 29.3 Å². The Balaban J connectivity index is 1.92. The molecule has 1 heterocycles. The van der Waals surface area contributed by atoms with Crippen LogP contribution in [-0.4, -0.2) is 36.6 Å². The van der Waals surface area contributed by atoms with E-state index in [1.807, 2.05) is 6.20 Å². The maximum atomic E-state index is 3.63. The predicted molar refractivity (Wildman–Crippen MR) is 91.6 cm³/mol. The number of nitrogens with zero attached hydrogens (tertiary/aromatic N) is 1. The Morgan fingerprint density at radius 3 is 2.57 bits per heavy atom. The average molecular weight is 287 g/mol. The van der Waals surface area contributed by atoms with Gasteiger partial charge in [0.05, 0.1) is 0 Å². The molecule has 0 bridgehead atoms. The minimum Gasteiger partial charge on any atom is -0.361 e. The highest BCUT2D eigenvalue weighted by Crippen LogP contribution is 2.17. The van der Waals surface area contributed by atoms with Crippen molar-refractivity contribution in [3.05, 3.63) is 36.0 Å². The normalized spacial score (nSPS) is 13.4. The predicted octanol–water partition coefficient (Wildman–Crippen LogP) is 3.62. The fraction of sp³-hybridized carbons (Fsp3) is 0.556. The largest absolute Gasteiger partial charge is 0.361 e. The number of aromatic amines is 1. The second-order valence-electron chi connectivity index (χ2n) is 6.14. The van der Waals surface area contributed by atoms with Gasteiger partial charge in [0.2, 0.25) is 0 Å². The Morgan fingerprint density at radius 1 is 1.14 bits per heavy atom. The van der Waals surface area contributed by atoms with Crippen LogP contribution in [0.1, 0.15) is 32.3 Å². The molecular weight excluding hydrogens is 258 g/mol. The van der Waals surface area contributed by atoms with Crippen LogP contribution in [0, 0.1) is 5.92 Å². The van der Waals surface area contributed by atoms with Gasteiger partial charge in [-0.05, 0) is 43.1 Å². The third-order valence-corrected chi connectivity index (χ3v) is 4.56. The molecule has 116 valence electrons. The monoisotopic (exact) mass is 287 g/mol. The lowest BCUT2D eigenvalue weighted by atomic mass is 9.93. The summed E-state index contributed by atoms with van der Waals surface area (Å²) in [6, 6.07) is 9.36. The van der Waals surface area contributed by atoms with Crippen molar-refractivity contribution in [1.82, 2.24) is 15.2 Å². The number of benzene rings is 1. The van der Waals surface area contributed by atoms with Gasteiger partial charge in [-0.2, -0.15) is 0 Å². The van der Waals surface area contributed by atoms with Crippen LogP contribution in [0.2, 0.25) is 0 Å². The number of H-pyrrole nitrogens is 1. The Kier molecular flexibility index (Phi) is 5.83. The second-order valence-corrected chi connectivity index (χ2v) is 6.14. The summed E-state index contributed by atoms with van der Waals surface area (Å²) in [5.41, 5.74) is 2.56. The smallest absolute Gasteiger partial charge is 0.0457 e. The molecule has 1 atom stereocenters. The number of hydrogen-bond donors (Lipinski definition) is 2. The SMILES string of the molecule is CCC(CC)C(CNCc1ccc2cc[nH]c2c1)N(C)C. The maximum Gasteiger partial charge on any atom is 0.0457 e. The molecule has 0 amide bonds. The molecule has 21 heavy (non-hydrogen) atoms. The van der Waals surface area contributed by atoms with Crippen LogP contribution in [-0.2, 0) is 6.54 Å². The van der Waals surface area contributed by atoms with Gasteiger partial charge in [-0.15, -0.1) is 0 Å². The quantitative estimate of drug-likeness (QED) is 0.777. The van der Waals surface area contributed by atoms with Gasteiger partial charge in [0.25, 0.3) is 0 Å². The minimum absolute atomic E-state index is 0.606. The standard InChI is InChI=1S/C18H29N3/c1-5-15(6-2)18(21(3)4)13-19-12-14-7-8-16-9-10-20-17(16)11-14/h7-11,15,18-20H,5-6,12-13H2,1-4H3. The molecule has 2 rings (SSSR count). The summed E-state index contributed by atoms with van der Waals surface area (Å²) in [6.45, 7) is 6.56. The van der Waals surface area contributed by atoms with Crippen molar-refractivity contribution in [2.24, 2.45) is 5.92 Å². The van der Waals surface area contributed by atoms with Crippen molar-refractivity contribution in [1.29, 1.82) is 0 Å². The van der Waals surface area contributed by atoms with Crippen molar-refractivity contribution in [3.8, 4) is 0 Å².